The Hall–Kier alpha value is -1.81. The topological polar surface area (TPSA) is 40.5 Å². The highest BCUT2D eigenvalue weighted by molar-refractivity contribution is 7.15. The maximum Gasteiger partial charge on any atom is 0.219 e. The van der Waals surface area contributed by atoms with Crippen LogP contribution in [-0.2, 0) is 17.8 Å². The third-order valence-electron chi connectivity index (χ3n) is 4.09. The Labute approximate surface area is 128 Å². The van der Waals surface area contributed by atoms with Crippen molar-refractivity contribution in [1.29, 1.82) is 0 Å². The number of phenols is 1. The summed E-state index contributed by atoms with van der Waals surface area (Å²) >= 11 is 1.81. The number of benzene rings is 1. The summed E-state index contributed by atoms with van der Waals surface area (Å²) in [6.45, 7) is 7.02. The Kier molecular flexibility index (Phi) is 3.49. The van der Waals surface area contributed by atoms with Gasteiger partial charge in [0.05, 0.1) is 0 Å². The first-order valence-electron chi connectivity index (χ1n) is 7.13. The molecule has 3 rings (SSSR count). The van der Waals surface area contributed by atoms with Crippen molar-refractivity contribution in [3.8, 4) is 16.2 Å². The molecule has 3 nitrogen and oxygen atoms in total. The number of rotatable bonds is 1. The molecule has 21 heavy (non-hydrogen) atoms. The van der Waals surface area contributed by atoms with E-state index in [1.54, 1.807) is 18.3 Å². The Balaban J connectivity index is 1.97. The summed E-state index contributed by atoms with van der Waals surface area (Å²) in [6.07, 6.45) is 0.940. The molecule has 1 aromatic heterocycles. The predicted molar refractivity (Wildman–Crippen MR) is 85.7 cm³/mol. The molecule has 1 aliphatic rings. The smallest absolute Gasteiger partial charge is 0.219 e. The Morgan fingerprint density at radius 1 is 1.24 bits per heavy atom. The van der Waals surface area contributed by atoms with Crippen LogP contribution >= 0.6 is 11.3 Å². The van der Waals surface area contributed by atoms with Gasteiger partial charge >= 0.3 is 0 Å². The normalized spacial score (nSPS) is 14.1. The van der Waals surface area contributed by atoms with Crippen LogP contribution in [0.25, 0.3) is 10.4 Å². The van der Waals surface area contributed by atoms with E-state index in [0.717, 1.165) is 36.2 Å². The molecule has 0 fully saturated rings. The molecule has 0 saturated carbocycles. The Morgan fingerprint density at radius 2 is 1.90 bits per heavy atom. The number of hydrogen-bond acceptors (Lipinski definition) is 3. The highest BCUT2D eigenvalue weighted by atomic mass is 32.1. The summed E-state index contributed by atoms with van der Waals surface area (Å²) in [5, 5.41) is 9.89. The van der Waals surface area contributed by atoms with Gasteiger partial charge in [-0.3, -0.25) is 4.79 Å². The number of aryl methyl sites for hydroxylation is 2. The van der Waals surface area contributed by atoms with E-state index in [1.807, 2.05) is 30.9 Å². The molecule has 0 saturated heterocycles. The lowest BCUT2D eigenvalue weighted by Gasteiger charge is -2.25. The monoisotopic (exact) mass is 301 g/mol. The molecule has 1 aromatic carbocycles. The summed E-state index contributed by atoms with van der Waals surface area (Å²) < 4.78 is 0. The van der Waals surface area contributed by atoms with Gasteiger partial charge in [-0.05, 0) is 60.7 Å². The number of phenolic OH excluding ortho intramolecular Hbond substituents is 1. The molecular weight excluding hydrogens is 282 g/mol. The number of amides is 1. The van der Waals surface area contributed by atoms with Crippen molar-refractivity contribution >= 4 is 17.2 Å². The van der Waals surface area contributed by atoms with Crippen molar-refractivity contribution in [2.24, 2.45) is 0 Å². The van der Waals surface area contributed by atoms with E-state index < -0.39 is 0 Å². The lowest BCUT2D eigenvalue weighted by molar-refractivity contribution is -0.129. The fraction of sp³-hybridized carbons (Fsp3) is 0.353. The third kappa shape index (κ3) is 2.56. The van der Waals surface area contributed by atoms with Gasteiger partial charge in [-0.1, -0.05) is 0 Å². The highest BCUT2D eigenvalue weighted by Crippen LogP contribution is 2.37. The highest BCUT2D eigenvalue weighted by Gasteiger charge is 2.21. The Bertz CT molecular complexity index is 695. The zero-order valence-corrected chi connectivity index (χ0v) is 13.4. The number of thiophene rings is 1. The van der Waals surface area contributed by atoms with Gasteiger partial charge in [0, 0.05) is 29.8 Å². The van der Waals surface area contributed by atoms with Crippen LogP contribution in [-0.4, -0.2) is 22.5 Å². The molecule has 110 valence electrons. The minimum Gasteiger partial charge on any atom is -0.507 e. The molecule has 1 aliphatic heterocycles. The average Bonchev–Trinajstić information content (AvgIpc) is 2.86. The molecule has 0 radical (unpaired) electrons. The molecule has 2 heterocycles. The lowest BCUT2D eigenvalue weighted by Crippen LogP contribution is -2.33. The van der Waals surface area contributed by atoms with Crippen molar-refractivity contribution in [3.05, 3.63) is 39.8 Å². The zero-order valence-electron chi connectivity index (χ0n) is 12.6. The van der Waals surface area contributed by atoms with Crippen molar-refractivity contribution < 1.29 is 9.90 Å². The lowest BCUT2D eigenvalue weighted by atomic mass is 10.0. The first-order chi connectivity index (χ1) is 9.95. The van der Waals surface area contributed by atoms with Gasteiger partial charge < -0.3 is 10.0 Å². The molecule has 0 unspecified atom stereocenters. The number of aromatic hydroxyl groups is 1. The van der Waals surface area contributed by atoms with Crippen molar-refractivity contribution in [1.82, 2.24) is 4.90 Å². The number of carbonyl (C=O) groups excluding carboxylic acids is 1. The van der Waals surface area contributed by atoms with Gasteiger partial charge in [-0.2, -0.15) is 0 Å². The van der Waals surface area contributed by atoms with Crippen LogP contribution in [0.3, 0.4) is 0 Å². The molecule has 0 aliphatic carbocycles. The number of carbonyl (C=O) groups is 1. The van der Waals surface area contributed by atoms with Gasteiger partial charge in [0.1, 0.15) is 5.75 Å². The third-order valence-corrected chi connectivity index (χ3v) is 5.37. The molecular formula is C17H19NO2S. The fourth-order valence-corrected chi connectivity index (χ4v) is 3.99. The second kappa shape index (κ2) is 5.19. The summed E-state index contributed by atoms with van der Waals surface area (Å²) in [6, 6.07) is 6.26. The van der Waals surface area contributed by atoms with E-state index in [2.05, 4.69) is 6.07 Å². The van der Waals surface area contributed by atoms with Crippen molar-refractivity contribution in [2.75, 3.05) is 6.54 Å². The van der Waals surface area contributed by atoms with Gasteiger partial charge in [0.15, 0.2) is 0 Å². The standard InChI is InChI=1S/C17H19NO2S/c1-10-6-13(7-11(2)17(10)20)16-8-14-9-18(12(3)19)5-4-15(14)21-16/h6-8,20H,4-5,9H2,1-3H3. The van der Waals surface area contributed by atoms with Crippen LogP contribution < -0.4 is 0 Å². The predicted octanol–water partition coefficient (Wildman–Crippen LogP) is 3.64. The van der Waals surface area contributed by atoms with Gasteiger partial charge in [0.2, 0.25) is 5.91 Å². The molecule has 0 spiro atoms. The van der Waals surface area contributed by atoms with Crippen molar-refractivity contribution in [3.63, 3.8) is 0 Å². The number of fused-ring (bicyclic) bond motifs is 1. The van der Waals surface area contributed by atoms with E-state index >= 15 is 0 Å². The van der Waals surface area contributed by atoms with Crippen LogP contribution in [0.5, 0.6) is 5.75 Å². The molecule has 1 amide bonds. The molecule has 1 N–H and O–H groups in total. The largest absolute Gasteiger partial charge is 0.507 e. The van der Waals surface area contributed by atoms with Crippen LogP contribution in [0.15, 0.2) is 18.2 Å². The fourth-order valence-electron chi connectivity index (χ4n) is 2.84. The van der Waals surface area contributed by atoms with E-state index in [9.17, 15) is 9.90 Å². The quantitative estimate of drug-likeness (QED) is 0.873. The second-order valence-electron chi connectivity index (χ2n) is 5.71. The van der Waals surface area contributed by atoms with Crippen LogP contribution in [0, 0.1) is 13.8 Å². The summed E-state index contributed by atoms with van der Waals surface area (Å²) in [7, 11) is 0. The molecule has 4 heteroatoms. The van der Waals surface area contributed by atoms with E-state index in [-0.39, 0.29) is 5.91 Å². The average molecular weight is 301 g/mol. The summed E-state index contributed by atoms with van der Waals surface area (Å²) in [5.41, 5.74) is 4.22. The summed E-state index contributed by atoms with van der Waals surface area (Å²) in [5.74, 6) is 0.521. The van der Waals surface area contributed by atoms with Crippen LogP contribution in [0.1, 0.15) is 28.5 Å². The van der Waals surface area contributed by atoms with Crippen molar-refractivity contribution in [2.45, 2.75) is 33.7 Å². The van der Waals surface area contributed by atoms with Gasteiger partial charge in [-0.15, -0.1) is 11.3 Å². The first kappa shape index (κ1) is 14.1. The number of hydrogen-bond donors (Lipinski definition) is 1. The second-order valence-corrected chi connectivity index (χ2v) is 6.85. The maximum absolute atomic E-state index is 11.5. The van der Waals surface area contributed by atoms with Crippen LogP contribution in [0.2, 0.25) is 0 Å². The van der Waals surface area contributed by atoms with Crippen LogP contribution in [0.4, 0.5) is 0 Å². The SMILES string of the molecule is CC(=O)N1CCc2sc(-c3cc(C)c(O)c(C)c3)cc2C1. The molecule has 2 aromatic rings. The Morgan fingerprint density at radius 3 is 2.52 bits per heavy atom. The van der Waals surface area contributed by atoms with E-state index in [4.69, 9.17) is 0 Å². The van der Waals surface area contributed by atoms with Gasteiger partial charge in [0.25, 0.3) is 0 Å². The zero-order chi connectivity index (χ0) is 15.1. The van der Waals surface area contributed by atoms with Gasteiger partial charge in [-0.25, -0.2) is 0 Å². The summed E-state index contributed by atoms with van der Waals surface area (Å²) in [4.78, 5) is 16.0. The minimum absolute atomic E-state index is 0.143. The number of nitrogens with zero attached hydrogens (tertiary/aromatic N) is 1. The van der Waals surface area contributed by atoms with E-state index in [0.29, 0.717) is 5.75 Å². The minimum atomic E-state index is 0.143. The first-order valence-corrected chi connectivity index (χ1v) is 7.95. The molecule has 0 bridgehead atoms. The molecule has 0 atom stereocenters. The van der Waals surface area contributed by atoms with E-state index in [1.165, 1.54) is 15.3 Å². The maximum atomic E-state index is 11.5.